The fraction of sp³-hybridized carbons (Fsp3) is 0.300. The average Bonchev–Trinajstić information content (AvgIpc) is 3.47. The molecular weight excluding hydrogens is 397 g/mol. The molecule has 1 aromatic heterocycles. The Morgan fingerprint density at radius 2 is 1.69 bits per heavy atom. The van der Waals surface area contributed by atoms with Gasteiger partial charge in [-0.1, -0.05) is 57.8 Å². The maximum Gasteiger partial charge on any atom is 0.283 e. The number of likely N-dealkylation sites (N-methyl/N-ethyl adjacent to an activating group) is 1. The zero-order valence-corrected chi connectivity index (χ0v) is 17.0. The first-order valence-corrected chi connectivity index (χ1v) is 9.77. The molecule has 0 bridgehead atoms. The third-order valence-electron chi connectivity index (χ3n) is 5.54. The Hall–Kier alpha value is -2.25. The first kappa shape index (κ1) is 20.0. The highest BCUT2D eigenvalue weighted by molar-refractivity contribution is 7.17. The Kier molecular flexibility index (Phi) is 4.78. The number of rotatable bonds is 6. The van der Waals surface area contributed by atoms with Gasteiger partial charge in [-0.3, -0.25) is 0 Å². The highest BCUT2D eigenvalue weighted by atomic mass is 31.0. The van der Waals surface area contributed by atoms with Gasteiger partial charge in [0.2, 0.25) is 0 Å². The number of anilines is 1. The maximum absolute atomic E-state index is 13.5. The second-order valence-corrected chi connectivity index (χ2v) is 8.36. The van der Waals surface area contributed by atoms with Gasteiger partial charge in [0.25, 0.3) is 5.66 Å². The minimum atomic E-state index is -2.98. The zero-order chi connectivity index (χ0) is 20.9. The molecule has 1 aliphatic carbocycles. The molecule has 4 rings (SSSR count). The van der Waals surface area contributed by atoms with Crippen molar-refractivity contribution in [1.82, 2.24) is 10.2 Å². The summed E-state index contributed by atoms with van der Waals surface area (Å²) in [6, 6.07) is 13.5. The number of nitrogens with zero attached hydrogens (tertiary/aromatic N) is 3. The van der Waals surface area contributed by atoms with Crippen LogP contribution in [0.25, 0.3) is 22.0 Å². The molecule has 3 aromatic rings. The number of halogens is 2. The van der Waals surface area contributed by atoms with E-state index < -0.39 is 16.0 Å². The van der Waals surface area contributed by atoms with E-state index >= 15 is 0 Å². The topological polar surface area (TPSA) is 78.3 Å². The number of aromatic nitrogens is 2. The summed E-state index contributed by atoms with van der Waals surface area (Å²) in [5.74, 6) is 0.539. The summed E-state index contributed by atoms with van der Waals surface area (Å²) in [6.07, 6.45) is 1.39. The number of hydroxylamine groups is 4. The lowest BCUT2D eigenvalue weighted by Crippen LogP contribution is -2.52. The predicted molar refractivity (Wildman–Crippen MR) is 109 cm³/mol. The lowest BCUT2D eigenvalue weighted by atomic mass is 10.0. The van der Waals surface area contributed by atoms with Crippen LogP contribution < -0.4 is 5.32 Å². The summed E-state index contributed by atoms with van der Waals surface area (Å²) in [7, 11) is 2.87. The summed E-state index contributed by atoms with van der Waals surface area (Å²) in [5.41, 5.74) is -2.44. The fourth-order valence-electron chi connectivity index (χ4n) is 3.44. The first-order chi connectivity index (χ1) is 13.6. The minimum Gasteiger partial charge on any atom is -0.362 e. The Balaban J connectivity index is 1.67. The number of benzene rings is 2. The van der Waals surface area contributed by atoms with Gasteiger partial charge in [-0.15, -0.1) is 10.2 Å². The lowest BCUT2D eigenvalue weighted by molar-refractivity contribution is -1.25. The summed E-state index contributed by atoms with van der Waals surface area (Å²) < 4.78 is 26.9. The Morgan fingerprint density at radius 1 is 1.07 bits per heavy atom. The van der Waals surface area contributed by atoms with Crippen molar-refractivity contribution in [3.8, 4) is 11.3 Å². The number of nitrogens with one attached hydrogen (secondary N) is 1. The molecule has 1 heterocycles. The standard InChI is InChI=1S/C20H22F2N4O2P/c1-26(27,28)19(10-11-19)12-23-18-16-5-3-2-4-15(16)17(24-25-18)13-6-8-14(9-7-13)20(21,22)29/h2-9,27-28H,10-12,29H2,1H3,(H,23,25)/q+1. The summed E-state index contributed by atoms with van der Waals surface area (Å²) in [5, 5.41) is 33.3. The molecule has 9 heteroatoms. The quantitative estimate of drug-likeness (QED) is 0.314. The van der Waals surface area contributed by atoms with E-state index in [1.165, 1.54) is 28.4 Å². The monoisotopic (exact) mass is 419 g/mol. The number of fused-ring (bicyclic) bond motifs is 1. The molecule has 0 aliphatic heterocycles. The smallest absolute Gasteiger partial charge is 0.283 e. The molecule has 1 fully saturated rings. The van der Waals surface area contributed by atoms with Gasteiger partial charge < -0.3 is 5.32 Å². The van der Waals surface area contributed by atoms with Crippen molar-refractivity contribution in [3.63, 3.8) is 0 Å². The molecule has 0 spiro atoms. The van der Waals surface area contributed by atoms with Crippen LogP contribution in [-0.4, -0.2) is 44.6 Å². The molecule has 0 saturated heterocycles. The normalized spacial score (nSPS) is 16.1. The SMILES string of the molecule is C[N+](O)(O)C1(CNc2nnc(-c3ccc(C(F)(F)P)cc3)c3ccccc23)CC1. The van der Waals surface area contributed by atoms with Crippen LogP contribution in [0.4, 0.5) is 14.6 Å². The van der Waals surface area contributed by atoms with E-state index in [1.54, 1.807) is 12.1 Å². The molecule has 0 amide bonds. The van der Waals surface area contributed by atoms with Gasteiger partial charge in [0.1, 0.15) is 12.7 Å². The van der Waals surface area contributed by atoms with Crippen LogP contribution in [0.3, 0.4) is 0 Å². The second kappa shape index (κ2) is 6.92. The summed E-state index contributed by atoms with van der Waals surface area (Å²) in [6.45, 7) is 0.340. The third kappa shape index (κ3) is 3.81. The maximum atomic E-state index is 13.5. The van der Waals surface area contributed by atoms with Crippen molar-refractivity contribution in [3.05, 3.63) is 54.1 Å². The van der Waals surface area contributed by atoms with Gasteiger partial charge in [0.15, 0.2) is 11.4 Å². The molecule has 3 N–H and O–H groups in total. The Bertz CT molecular complexity index is 1050. The van der Waals surface area contributed by atoms with Crippen LogP contribution in [0, 0.1) is 0 Å². The van der Waals surface area contributed by atoms with Crippen LogP contribution in [0.1, 0.15) is 18.4 Å². The van der Waals surface area contributed by atoms with E-state index in [-0.39, 0.29) is 5.56 Å². The first-order valence-electron chi connectivity index (χ1n) is 9.20. The molecule has 1 saturated carbocycles. The van der Waals surface area contributed by atoms with Gasteiger partial charge in [-0.25, -0.2) is 0 Å². The molecule has 0 radical (unpaired) electrons. The Morgan fingerprint density at radius 3 is 2.24 bits per heavy atom. The number of quaternary nitrogens is 1. The van der Waals surface area contributed by atoms with Crippen LogP contribution >= 0.6 is 9.24 Å². The largest absolute Gasteiger partial charge is 0.362 e. The predicted octanol–water partition coefficient (Wildman–Crippen LogP) is 4.39. The molecular formula is C20H22F2N4O2P+. The van der Waals surface area contributed by atoms with E-state index in [9.17, 15) is 19.2 Å². The van der Waals surface area contributed by atoms with Gasteiger partial charge >= 0.3 is 0 Å². The molecule has 6 nitrogen and oxygen atoms in total. The number of hydrogen-bond donors (Lipinski definition) is 3. The number of alkyl halides is 2. The van der Waals surface area contributed by atoms with E-state index in [1.807, 2.05) is 24.3 Å². The Labute approximate surface area is 168 Å². The molecule has 2 aromatic carbocycles. The molecule has 1 atom stereocenters. The van der Waals surface area contributed by atoms with Crippen molar-refractivity contribution >= 4 is 25.8 Å². The van der Waals surface area contributed by atoms with Gasteiger partial charge in [-0.2, -0.15) is 19.2 Å². The van der Waals surface area contributed by atoms with Gasteiger partial charge in [0, 0.05) is 34.7 Å². The molecule has 29 heavy (non-hydrogen) atoms. The van der Waals surface area contributed by atoms with Crippen LogP contribution in [0.2, 0.25) is 0 Å². The van der Waals surface area contributed by atoms with Crippen LogP contribution in [0.15, 0.2) is 48.5 Å². The summed E-state index contributed by atoms with van der Waals surface area (Å²) in [4.78, 5) is -1.09. The van der Waals surface area contributed by atoms with Crippen molar-refractivity contribution in [2.45, 2.75) is 24.0 Å². The third-order valence-corrected chi connectivity index (χ3v) is 5.87. The van der Waals surface area contributed by atoms with Crippen molar-refractivity contribution in [2.75, 3.05) is 18.9 Å². The van der Waals surface area contributed by atoms with E-state index in [0.717, 1.165) is 10.8 Å². The van der Waals surface area contributed by atoms with Crippen LogP contribution in [0.5, 0.6) is 0 Å². The van der Waals surface area contributed by atoms with Crippen molar-refractivity contribution in [1.29, 1.82) is 0 Å². The zero-order valence-electron chi connectivity index (χ0n) is 15.8. The van der Waals surface area contributed by atoms with E-state index in [2.05, 4.69) is 15.5 Å². The molecule has 1 unspecified atom stereocenters. The van der Waals surface area contributed by atoms with E-state index in [4.69, 9.17) is 0 Å². The number of hydrogen-bond acceptors (Lipinski definition) is 5. The van der Waals surface area contributed by atoms with Crippen molar-refractivity contribution < 1.29 is 24.0 Å². The highest BCUT2D eigenvalue weighted by Gasteiger charge is 2.60. The second-order valence-electron chi connectivity index (χ2n) is 7.63. The fourth-order valence-corrected chi connectivity index (χ4v) is 3.63. The average molecular weight is 419 g/mol. The lowest BCUT2D eigenvalue weighted by Gasteiger charge is -2.26. The molecule has 1 aliphatic rings. The molecule has 152 valence electrons. The van der Waals surface area contributed by atoms with Gasteiger partial charge in [-0.05, 0) is 4.81 Å². The summed E-state index contributed by atoms with van der Waals surface area (Å²) >= 11 is 0. The van der Waals surface area contributed by atoms with E-state index in [0.29, 0.717) is 36.5 Å². The minimum absolute atomic E-state index is 0.0919. The van der Waals surface area contributed by atoms with Gasteiger partial charge in [0.05, 0.1) is 6.54 Å². The van der Waals surface area contributed by atoms with Crippen LogP contribution in [-0.2, 0) is 5.66 Å². The highest BCUT2D eigenvalue weighted by Crippen LogP contribution is 2.44. The van der Waals surface area contributed by atoms with Crippen molar-refractivity contribution in [2.24, 2.45) is 0 Å².